The maximum absolute atomic E-state index is 12.2. The number of ether oxygens (including phenoxy) is 2. The van der Waals surface area contributed by atoms with Crippen LogP contribution in [0.3, 0.4) is 0 Å². The van der Waals surface area contributed by atoms with Gasteiger partial charge in [-0.05, 0) is 26.0 Å². The number of methoxy groups -OCH3 is 1. The molecule has 7 nitrogen and oxygen atoms in total. The Balaban J connectivity index is 3.07. The summed E-state index contributed by atoms with van der Waals surface area (Å²) in [6.45, 7) is 3.54. The summed E-state index contributed by atoms with van der Waals surface area (Å²) < 4.78 is 10.3. The Kier molecular flexibility index (Phi) is 6.01. The smallest absolute Gasteiger partial charge is 0.255 e. The number of amides is 2. The van der Waals surface area contributed by atoms with Crippen LogP contribution in [0.25, 0.3) is 0 Å². The highest BCUT2D eigenvalue weighted by atomic mass is 35.5. The van der Waals surface area contributed by atoms with Crippen molar-refractivity contribution in [2.24, 2.45) is 11.5 Å². The molecule has 0 bridgehead atoms. The van der Waals surface area contributed by atoms with Crippen LogP contribution in [0, 0.1) is 0 Å². The van der Waals surface area contributed by atoms with Crippen LogP contribution in [-0.2, 0) is 4.79 Å². The van der Waals surface area contributed by atoms with Gasteiger partial charge in [-0.25, -0.2) is 0 Å². The van der Waals surface area contributed by atoms with Gasteiger partial charge in [-0.2, -0.15) is 0 Å². The standard InChI is InChI=1S/C14H20ClN3O4/c1-14(2,7-16)18-13(20)8-4-9(15)12(10(5-8)21-3)22-6-11(17)19/h4-5H,6-7,16H2,1-3H3,(H2,17,19)(H,18,20). The van der Waals surface area contributed by atoms with Crippen molar-refractivity contribution in [3.63, 3.8) is 0 Å². The molecular formula is C14H20ClN3O4. The molecule has 0 saturated heterocycles. The van der Waals surface area contributed by atoms with Gasteiger partial charge in [0.1, 0.15) is 0 Å². The van der Waals surface area contributed by atoms with Crippen LogP contribution in [0.4, 0.5) is 0 Å². The number of hydrogen-bond donors (Lipinski definition) is 3. The highest BCUT2D eigenvalue weighted by Crippen LogP contribution is 2.36. The third-order valence-electron chi connectivity index (χ3n) is 2.81. The van der Waals surface area contributed by atoms with E-state index >= 15 is 0 Å². The van der Waals surface area contributed by atoms with E-state index in [0.29, 0.717) is 0 Å². The van der Waals surface area contributed by atoms with Gasteiger partial charge >= 0.3 is 0 Å². The first-order chi connectivity index (χ1) is 10.2. The first-order valence-corrected chi connectivity index (χ1v) is 6.89. The molecule has 0 saturated carbocycles. The lowest BCUT2D eigenvalue weighted by atomic mass is 10.0. The van der Waals surface area contributed by atoms with Crippen molar-refractivity contribution in [3.05, 3.63) is 22.7 Å². The van der Waals surface area contributed by atoms with E-state index in [4.69, 9.17) is 32.5 Å². The van der Waals surface area contributed by atoms with Crippen LogP contribution in [0.5, 0.6) is 11.5 Å². The average Bonchev–Trinajstić information content (AvgIpc) is 2.44. The van der Waals surface area contributed by atoms with Crippen LogP contribution in [0.1, 0.15) is 24.2 Å². The van der Waals surface area contributed by atoms with Gasteiger partial charge in [-0.3, -0.25) is 9.59 Å². The molecule has 0 heterocycles. The lowest BCUT2D eigenvalue weighted by molar-refractivity contribution is -0.119. The SMILES string of the molecule is COc1cc(C(=O)NC(C)(C)CN)cc(Cl)c1OCC(N)=O. The molecule has 0 fully saturated rings. The van der Waals surface area contributed by atoms with Crippen molar-refractivity contribution in [1.29, 1.82) is 0 Å². The summed E-state index contributed by atoms with van der Waals surface area (Å²) in [5.41, 5.74) is 10.3. The summed E-state index contributed by atoms with van der Waals surface area (Å²) >= 11 is 6.08. The Hall–Kier alpha value is -1.99. The van der Waals surface area contributed by atoms with E-state index in [1.54, 1.807) is 13.8 Å². The number of nitrogens with one attached hydrogen (secondary N) is 1. The fraction of sp³-hybridized carbons (Fsp3) is 0.429. The van der Waals surface area contributed by atoms with Crippen molar-refractivity contribution >= 4 is 23.4 Å². The molecule has 0 atom stereocenters. The first kappa shape index (κ1) is 18.1. The van der Waals surface area contributed by atoms with Crippen LogP contribution in [0.2, 0.25) is 5.02 Å². The molecule has 0 aliphatic heterocycles. The molecule has 1 aromatic carbocycles. The molecular weight excluding hydrogens is 310 g/mol. The van der Waals surface area contributed by atoms with Crippen molar-refractivity contribution in [2.75, 3.05) is 20.3 Å². The highest BCUT2D eigenvalue weighted by molar-refractivity contribution is 6.32. The summed E-state index contributed by atoms with van der Waals surface area (Å²) in [6, 6.07) is 2.88. The van der Waals surface area contributed by atoms with E-state index in [0.717, 1.165) is 0 Å². The van der Waals surface area contributed by atoms with E-state index in [-0.39, 0.29) is 41.1 Å². The van der Waals surface area contributed by atoms with Gasteiger partial charge in [0.05, 0.1) is 12.1 Å². The number of rotatable bonds is 7. The predicted octanol–water partition coefficient (Wildman–Crippen LogP) is 0.680. The van der Waals surface area contributed by atoms with Gasteiger partial charge in [0, 0.05) is 17.6 Å². The van der Waals surface area contributed by atoms with E-state index in [2.05, 4.69) is 5.32 Å². The summed E-state index contributed by atoms with van der Waals surface area (Å²) in [5.74, 6) is -0.621. The Bertz CT molecular complexity index is 575. The van der Waals surface area contributed by atoms with Crippen molar-refractivity contribution in [1.82, 2.24) is 5.32 Å². The number of halogens is 1. The third-order valence-corrected chi connectivity index (χ3v) is 3.09. The predicted molar refractivity (Wildman–Crippen MR) is 83.3 cm³/mol. The Morgan fingerprint density at radius 1 is 1.36 bits per heavy atom. The topological polar surface area (TPSA) is 117 Å². The van der Waals surface area contributed by atoms with E-state index in [1.807, 2.05) is 0 Å². The zero-order valence-corrected chi connectivity index (χ0v) is 13.5. The molecule has 0 aromatic heterocycles. The second-order valence-electron chi connectivity index (χ2n) is 5.29. The second-order valence-corrected chi connectivity index (χ2v) is 5.69. The number of benzene rings is 1. The zero-order valence-electron chi connectivity index (χ0n) is 12.7. The van der Waals surface area contributed by atoms with Gasteiger partial charge in [0.15, 0.2) is 18.1 Å². The molecule has 22 heavy (non-hydrogen) atoms. The summed E-state index contributed by atoms with van der Waals surface area (Å²) in [7, 11) is 1.40. The van der Waals surface area contributed by atoms with Crippen molar-refractivity contribution in [2.45, 2.75) is 19.4 Å². The molecule has 2 amide bonds. The highest BCUT2D eigenvalue weighted by Gasteiger charge is 2.22. The fourth-order valence-electron chi connectivity index (χ4n) is 1.56. The van der Waals surface area contributed by atoms with Crippen molar-refractivity contribution < 1.29 is 19.1 Å². The van der Waals surface area contributed by atoms with E-state index < -0.39 is 11.4 Å². The molecule has 0 spiro atoms. The zero-order chi connectivity index (χ0) is 16.9. The number of hydrogen-bond acceptors (Lipinski definition) is 5. The molecule has 8 heteroatoms. The van der Waals surface area contributed by atoms with Crippen LogP contribution < -0.4 is 26.3 Å². The number of carbonyl (C=O) groups is 2. The first-order valence-electron chi connectivity index (χ1n) is 6.51. The largest absolute Gasteiger partial charge is 0.493 e. The Morgan fingerprint density at radius 3 is 2.50 bits per heavy atom. The molecule has 0 radical (unpaired) electrons. The maximum Gasteiger partial charge on any atom is 0.255 e. The number of nitrogens with two attached hydrogens (primary N) is 2. The minimum Gasteiger partial charge on any atom is -0.493 e. The van der Waals surface area contributed by atoms with Gasteiger partial charge in [0.2, 0.25) is 0 Å². The van der Waals surface area contributed by atoms with Gasteiger partial charge in [-0.1, -0.05) is 11.6 Å². The van der Waals surface area contributed by atoms with Crippen LogP contribution >= 0.6 is 11.6 Å². The molecule has 0 unspecified atom stereocenters. The maximum atomic E-state index is 12.2. The molecule has 0 aliphatic carbocycles. The Labute approximate surface area is 133 Å². The van der Waals surface area contributed by atoms with Crippen molar-refractivity contribution in [3.8, 4) is 11.5 Å². The summed E-state index contributed by atoms with van der Waals surface area (Å²) in [6.07, 6.45) is 0. The number of primary amides is 1. The van der Waals surface area contributed by atoms with Crippen LogP contribution in [-0.4, -0.2) is 37.6 Å². The lowest BCUT2D eigenvalue weighted by Crippen LogP contribution is -2.48. The molecule has 5 N–H and O–H groups in total. The van der Waals surface area contributed by atoms with E-state index in [9.17, 15) is 9.59 Å². The van der Waals surface area contributed by atoms with Gasteiger partial charge in [0.25, 0.3) is 11.8 Å². The molecule has 0 aliphatic rings. The normalized spacial score (nSPS) is 11.0. The minimum absolute atomic E-state index is 0.135. The van der Waals surface area contributed by atoms with Gasteiger partial charge < -0.3 is 26.3 Å². The van der Waals surface area contributed by atoms with E-state index in [1.165, 1.54) is 19.2 Å². The quantitative estimate of drug-likeness (QED) is 0.680. The monoisotopic (exact) mass is 329 g/mol. The van der Waals surface area contributed by atoms with Crippen LogP contribution in [0.15, 0.2) is 12.1 Å². The fourth-order valence-corrected chi connectivity index (χ4v) is 1.83. The molecule has 1 aromatic rings. The molecule has 122 valence electrons. The van der Waals surface area contributed by atoms with Gasteiger partial charge in [-0.15, -0.1) is 0 Å². The second kappa shape index (κ2) is 7.33. The number of carbonyl (C=O) groups excluding carboxylic acids is 2. The minimum atomic E-state index is -0.648. The average molecular weight is 330 g/mol. The molecule has 1 rings (SSSR count). The Morgan fingerprint density at radius 2 is 2.00 bits per heavy atom. The third kappa shape index (κ3) is 4.78. The lowest BCUT2D eigenvalue weighted by Gasteiger charge is -2.24. The summed E-state index contributed by atoms with van der Waals surface area (Å²) in [5, 5.41) is 2.91. The summed E-state index contributed by atoms with van der Waals surface area (Å²) in [4.78, 5) is 23.0.